The van der Waals surface area contributed by atoms with Crippen molar-refractivity contribution in [2.24, 2.45) is 0 Å². The van der Waals surface area contributed by atoms with Gasteiger partial charge in [-0.05, 0) is 23.7 Å². The van der Waals surface area contributed by atoms with Gasteiger partial charge in [0.25, 0.3) is 0 Å². The van der Waals surface area contributed by atoms with E-state index in [1.165, 1.54) is 10.1 Å². The van der Waals surface area contributed by atoms with Crippen molar-refractivity contribution in [3.63, 3.8) is 0 Å². The Bertz CT molecular complexity index is 718. The predicted octanol–water partition coefficient (Wildman–Crippen LogP) is 1.47. The minimum Gasteiger partial charge on any atom is -0.352 e. The lowest BCUT2D eigenvalue weighted by Gasteiger charge is -2.36. The van der Waals surface area contributed by atoms with Gasteiger partial charge in [-0.2, -0.15) is 4.37 Å². The molecule has 2 aliphatic rings. The largest absolute Gasteiger partial charge is 0.352 e. The minimum absolute atomic E-state index is 0.133. The molecule has 0 saturated carbocycles. The van der Waals surface area contributed by atoms with Crippen molar-refractivity contribution in [2.75, 3.05) is 37.6 Å². The maximum absolute atomic E-state index is 12.4. The Morgan fingerprint density at radius 1 is 1.23 bits per heavy atom. The molecule has 22 heavy (non-hydrogen) atoms. The molecule has 114 valence electrons. The second-order valence-corrected chi connectivity index (χ2v) is 6.43. The second kappa shape index (κ2) is 5.70. The Morgan fingerprint density at radius 2 is 2.05 bits per heavy atom. The van der Waals surface area contributed by atoms with Gasteiger partial charge < -0.3 is 9.80 Å². The highest BCUT2D eigenvalue weighted by Gasteiger charge is 2.28. The van der Waals surface area contributed by atoms with Gasteiger partial charge in [-0.25, -0.2) is 0 Å². The van der Waals surface area contributed by atoms with E-state index >= 15 is 0 Å². The lowest BCUT2D eigenvalue weighted by Crippen LogP contribution is -2.53. The van der Waals surface area contributed by atoms with Crippen LogP contribution in [0.3, 0.4) is 0 Å². The minimum atomic E-state index is -0.133. The third-order valence-electron chi connectivity index (χ3n) is 4.30. The number of aromatic nitrogens is 1. The summed E-state index contributed by atoms with van der Waals surface area (Å²) >= 11 is 1.54. The summed E-state index contributed by atoms with van der Waals surface area (Å²) in [6.45, 7) is 4.00. The predicted molar refractivity (Wildman–Crippen MR) is 89.3 cm³/mol. The summed E-state index contributed by atoms with van der Waals surface area (Å²) in [4.78, 5) is 16.6. The molecular weight excluding hydrogens is 296 g/mol. The summed E-state index contributed by atoms with van der Waals surface area (Å²) in [6, 6.07) is 8.20. The number of benzene rings is 1. The molecule has 2 aromatic rings. The summed E-state index contributed by atoms with van der Waals surface area (Å²) < 4.78 is 5.83. The number of piperazine rings is 1. The molecule has 4 rings (SSSR count). The van der Waals surface area contributed by atoms with Crippen molar-refractivity contribution in [3.8, 4) is 0 Å². The smallest absolute Gasteiger partial charge is 0.243 e. The summed E-state index contributed by atoms with van der Waals surface area (Å²) in [5.41, 5.74) is 0. The molecule has 1 atom stereocenters. The lowest BCUT2D eigenvalue weighted by molar-refractivity contribution is -0.132. The zero-order valence-electron chi connectivity index (χ0n) is 12.2. The van der Waals surface area contributed by atoms with Crippen LogP contribution in [0.4, 0.5) is 5.82 Å². The zero-order valence-corrected chi connectivity index (χ0v) is 13.1. The van der Waals surface area contributed by atoms with Crippen molar-refractivity contribution in [1.82, 2.24) is 14.6 Å². The van der Waals surface area contributed by atoms with Crippen LogP contribution in [0.1, 0.15) is 0 Å². The van der Waals surface area contributed by atoms with Gasteiger partial charge in [0.15, 0.2) is 0 Å². The van der Waals surface area contributed by atoms with E-state index in [2.05, 4.69) is 32.8 Å². The lowest BCUT2D eigenvalue weighted by atomic mass is 10.2. The third kappa shape index (κ3) is 2.38. The summed E-state index contributed by atoms with van der Waals surface area (Å²) in [7, 11) is 0. The quantitative estimate of drug-likeness (QED) is 0.853. The number of amides is 1. The maximum Gasteiger partial charge on any atom is 0.243 e. The van der Waals surface area contributed by atoms with Crippen LogP contribution in [-0.2, 0) is 4.79 Å². The van der Waals surface area contributed by atoms with Crippen molar-refractivity contribution in [3.05, 3.63) is 36.4 Å². The van der Waals surface area contributed by atoms with E-state index in [0.717, 1.165) is 38.5 Å². The highest BCUT2D eigenvalue weighted by Crippen LogP contribution is 2.29. The molecule has 0 aliphatic carbocycles. The highest BCUT2D eigenvalue weighted by atomic mass is 32.1. The Morgan fingerprint density at radius 3 is 2.82 bits per heavy atom. The zero-order chi connectivity index (χ0) is 14.9. The number of fused-ring (bicyclic) bond motifs is 1. The van der Waals surface area contributed by atoms with Gasteiger partial charge in [0.1, 0.15) is 11.9 Å². The van der Waals surface area contributed by atoms with E-state index in [1.807, 2.05) is 23.1 Å². The number of hydrogen-bond acceptors (Lipinski definition) is 5. The van der Waals surface area contributed by atoms with Crippen LogP contribution in [0.2, 0.25) is 0 Å². The molecular formula is C16H18N4OS. The normalized spacial score (nSPS) is 21.7. The first-order valence-corrected chi connectivity index (χ1v) is 8.38. The van der Waals surface area contributed by atoms with Crippen molar-refractivity contribution in [1.29, 1.82) is 0 Å². The molecule has 1 N–H and O–H groups in total. The van der Waals surface area contributed by atoms with Crippen molar-refractivity contribution in [2.45, 2.75) is 6.04 Å². The first-order chi connectivity index (χ1) is 10.8. The van der Waals surface area contributed by atoms with Gasteiger partial charge in [0.05, 0.1) is 4.70 Å². The standard InChI is InChI=1S/C16H18N4OS/c21-16(13-5-3-7-17-13)20-10-8-19(9-11-20)15-12-4-1-2-6-14(12)22-18-15/h1-6,13,17H,7-11H2/t13-/m0/s1. The van der Waals surface area contributed by atoms with Crippen molar-refractivity contribution >= 4 is 33.3 Å². The number of carbonyl (C=O) groups is 1. The average molecular weight is 314 g/mol. The number of carbonyl (C=O) groups excluding carboxylic acids is 1. The molecule has 0 spiro atoms. The molecule has 0 bridgehead atoms. The SMILES string of the molecule is O=C([C@@H]1C=CCN1)N1CCN(c2nsc3ccccc23)CC1. The van der Waals surface area contributed by atoms with E-state index in [1.54, 1.807) is 11.5 Å². The number of rotatable bonds is 2. The molecule has 1 fully saturated rings. The average Bonchev–Trinajstić information content (AvgIpc) is 3.24. The first kappa shape index (κ1) is 13.7. The van der Waals surface area contributed by atoms with Crippen molar-refractivity contribution < 1.29 is 4.79 Å². The molecule has 1 saturated heterocycles. The van der Waals surface area contributed by atoms with E-state index < -0.39 is 0 Å². The van der Waals surface area contributed by atoms with Crippen LogP contribution < -0.4 is 10.2 Å². The van der Waals surface area contributed by atoms with Gasteiger partial charge in [-0.3, -0.25) is 10.1 Å². The number of nitrogens with zero attached hydrogens (tertiary/aromatic N) is 3. The fraction of sp³-hybridized carbons (Fsp3) is 0.375. The fourth-order valence-electron chi connectivity index (χ4n) is 3.07. The van der Waals surface area contributed by atoms with E-state index in [4.69, 9.17) is 0 Å². The summed E-state index contributed by atoms with van der Waals surface area (Å²) in [5.74, 6) is 1.25. The molecule has 2 aliphatic heterocycles. The van der Waals surface area contributed by atoms with Crippen LogP contribution >= 0.6 is 11.5 Å². The van der Waals surface area contributed by atoms with Crippen LogP contribution in [-0.4, -0.2) is 53.9 Å². The molecule has 3 heterocycles. The number of anilines is 1. The molecule has 1 amide bonds. The van der Waals surface area contributed by atoms with Gasteiger partial charge in [-0.15, -0.1) is 0 Å². The number of nitrogens with one attached hydrogen (secondary N) is 1. The molecule has 0 unspecified atom stereocenters. The number of hydrogen-bond donors (Lipinski definition) is 1. The molecule has 6 heteroatoms. The first-order valence-electron chi connectivity index (χ1n) is 7.61. The van der Waals surface area contributed by atoms with Gasteiger partial charge in [0.2, 0.25) is 5.91 Å². The Kier molecular flexibility index (Phi) is 3.56. The summed E-state index contributed by atoms with van der Waals surface area (Å²) in [5, 5.41) is 4.41. The van der Waals surface area contributed by atoms with Gasteiger partial charge >= 0.3 is 0 Å². The van der Waals surface area contributed by atoms with Crippen LogP contribution in [0.25, 0.3) is 10.1 Å². The molecule has 1 aromatic heterocycles. The Balaban J connectivity index is 1.45. The van der Waals surface area contributed by atoms with Gasteiger partial charge in [0, 0.05) is 38.1 Å². The fourth-order valence-corrected chi connectivity index (χ4v) is 3.87. The highest BCUT2D eigenvalue weighted by molar-refractivity contribution is 7.13. The Labute approximate surface area is 133 Å². The topological polar surface area (TPSA) is 48.5 Å². The van der Waals surface area contributed by atoms with Crippen LogP contribution in [0.5, 0.6) is 0 Å². The maximum atomic E-state index is 12.4. The van der Waals surface area contributed by atoms with Gasteiger partial charge in [-0.1, -0.05) is 24.3 Å². The van der Waals surface area contributed by atoms with E-state index in [-0.39, 0.29) is 11.9 Å². The third-order valence-corrected chi connectivity index (χ3v) is 5.12. The monoisotopic (exact) mass is 314 g/mol. The molecule has 0 radical (unpaired) electrons. The summed E-state index contributed by atoms with van der Waals surface area (Å²) in [6.07, 6.45) is 3.98. The van der Waals surface area contributed by atoms with E-state index in [9.17, 15) is 4.79 Å². The molecule has 5 nitrogen and oxygen atoms in total. The molecule has 1 aromatic carbocycles. The Hall–Kier alpha value is -1.92. The van der Waals surface area contributed by atoms with Crippen LogP contribution in [0, 0.1) is 0 Å². The second-order valence-electron chi connectivity index (χ2n) is 5.63. The van der Waals surface area contributed by atoms with E-state index in [0.29, 0.717) is 0 Å². The van der Waals surface area contributed by atoms with Crippen LogP contribution in [0.15, 0.2) is 36.4 Å².